The van der Waals surface area contributed by atoms with Gasteiger partial charge >= 0.3 is 0 Å². The number of nitrogens with two attached hydrogens (primary N) is 1. The fourth-order valence-electron chi connectivity index (χ4n) is 3.48. The molecule has 2 aromatic rings. The summed E-state index contributed by atoms with van der Waals surface area (Å²) in [6, 6.07) is 3.60. The highest BCUT2D eigenvalue weighted by molar-refractivity contribution is 5.71. The molecule has 1 unspecified atom stereocenters. The lowest BCUT2D eigenvalue weighted by Gasteiger charge is -2.29. The molecule has 8 heteroatoms. The number of allylic oxidation sites excluding steroid dienone is 1. The normalized spacial score (nSPS) is 17.2. The molecular formula is C21H24FN5O2. The fourth-order valence-corrected chi connectivity index (χ4v) is 3.48. The molecule has 1 aliphatic carbocycles. The molecule has 0 spiro atoms. The SMILES string of the molecule is Nc1cnc(-c2ccc(C3CCC3)c(OCC(O)CN3C=CC=NC3)c2F)cn1. The van der Waals surface area contributed by atoms with Crippen LogP contribution >= 0.6 is 0 Å². The minimum absolute atomic E-state index is 0.0123. The van der Waals surface area contributed by atoms with Gasteiger partial charge in [-0.2, -0.15) is 0 Å². The number of rotatable bonds is 7. The molecule has 0 amide bonds. The Bertz CT molecular complexity index is 912. The highest BCUT2D eigenvalue weighted by Crippen LogP contribution is 2.43. The van der Waals surface area contributed by atoms with E-state index in [9.17, 15) is 5.11 Å². The first kappa shape index (κ1) is 19.3. The number of anilines is 1. The third kappa shape index (κ3) is 4.37. The van der Waals surface area contributed by atoms with Crippen molar-refractivity contribution in [2.75, 3.05) is 25.6 Å². The Morgan fingerprint density at radius 1 is 1.28 bits per heavy atom. The topological polar surface area (TPSA) is 96.9 Å². The van der Waals surface area contributed by atoms with Crippen LogP contribution in [0.25, 0.3) is 11.3 Å². The van der Waals surface area contributed by atoms with Gasteiger partial charge in [0.05, 0.1) is 18.1 Å². The molecule has 2 heterocycles. The smallest absolute Gasteiger partial charge is 0.174 e. The van der Waals surface area contributed by atoms with Gasteiger partial charge in [0, 0.05) is 30.1 Å². The predicted octanol–water partition coefficient (Wildman–Crippen LogP) is 2.73. The first-order valence-corrected chi connectivity index (χ1v) is 9.73. The minimum Gasteiger partial charge on any atom is -0.487 e. The summed E-state index contributed by atoms with van der Waals surface area (Å²) < 4.78 is 21.2. The number of nitrogen functional groups attached to an aromatic ring is 1. The Morgan fingerprint density at radius 2 is 2.14 bits per heavy atom. The van der Waals surface area contributed by atoms with Gasteiger partial charge in [0.1, 0.15) is 25.2 Å². The Labute approximate surface area is 168 Å². The second-order valence-corrected chi connectivity index (χ2v) is 7.35. The lowest BCUT2D eigenvalue weighted by atomic mass is 9.79. The standard InChI is InChI=1S/C21H24FN5O2/c22-20-17(18-9-26-19(23)10-25-18)6-5-16(14-3-1-4-14)21(20)29-12-15(28)11-27-8-2-7-24-13-27/h2,5-10,14-15,28H,1,3-4,11-13H2,(H2,23,26). The second kappa shape index (κ2) is 8.57. The molecular weight excluding hydrogens is 373 g/mol. The van der Waals surface area contributed by atoms with Gasteiger partial charge in [-0.25, -0.2) is 9.37 Å². The quantitative estimate of drug-likeness (QED) is 0.746. The van der Waals surface area contributed by atoms with E-state index in [1.165, 1.54) is 12.4 Å². The van der Waals surface area contributed by atoms with E-state index in [1.807, 2.05) is 23.2 Å². The molecule has 1 fully saturated rings. The van der Waals surface area contributed by atoms with Crippen molar-refractivity contribution in [3.8, 4) is 17.0 Å². The lowest BCUT2D eigenvalue weighted by Crippen LogP contribution is -2.33. The van der Waals surface area contributed by atoms with Crippen LogP contribution in [0.1, 0.15) is 30.7 Å². The second-order valence-electron chi connectivity index (χ2n) is 7.35. The molecule has 152 valence electrons. The van der Waals surface area contributed by atoms with E-state index in [0.29, 0.717) is 24.5 Å². The summed E-state index contributed by atoms with van der Waals surface area (Å²) in [5, 5.41) is 10.4. The van der Waals surface area contributed by atoms with Crippen molar-refractivity contribution < 1.29 is 14.2 Å². The Balaban J connectivity index is 1.54. The maximum atomic E-state index is 15.4. The Morgan fingerprint density at radius 3 is 2.79 bits per heavy atom. The molecule has 1 saturated carbocycles. The lowest BCUT2D eigenvalue weighted by molar-refractivity contribution is 0.0798. The molecule has 0 radical (unpaired) electrons. The summed E-state index contributed by atoms with van der Waals surface area (Å²) >= 11 is 0. The van der Waals surface area contributed by atoms with Crippen LogP contribution in [0.2, 0.25) is 0 Å². The van der Waals surface area contributed by atoms with Gasteiger partial charge in [-0.15, -0.1) is 0 Å². The molecule has 2 aliphatic rings. The number of aliphatic hydroxyl groups excluding tert-OH is 1. The van der Waals surface area contributed by atoms with Crippen molar-refractivity contribution in [1.82, 2.24) is 14.9 Å². The maximum absolute atomic E-state index is 15.4. The van der Waals surface area contributed by atoms with Gasteiger partial charge < -0.3 is 20.5 Å². The van der Waals surface area contributed by atoms with Crippen LogP contribution in [0.15, 0.2) is 41.8 Å². The van der Waals surface area contributed by atoms with Crippen molar-refractivity contribution in [2.45, 2.75) is 31.3 Å². The van der Waals surface area contributed by atoms with Gasteiger partial charge in [0.15, 0.2) is 11.6 Å². The number of hydrogen-bond donors (Lipinski definition) is 2. The van der Waals surface area contributed by atoms with E-state index in [2.05, 4.69) is 15.0 Å². The van der Waals surface area contributed by atoms with Crippen molar-refractivity contribution in [3.05, 3.63) is 48.2 Å². The third-order valence-corrected chi connectivity index (χ3v) is 5.24. The zero-order valence-electron chi connectivity index (χ0n) is 16.0. The number of halogens is 1. The van der Waals surface area contributed by atoms with Gasteiger partial charge in [0.25, 0.3) is 0 Å². The van der Waals surface area contributed by atoms with Gasteiger partial charge in [-0.3, -0.25) is 9.98 Å². The van der Waals surface area contributed by atoms with Crippen LogP contribution in [0.3, 0.4) is 0 Å². The molecule has 1 atom stereocenters. The third-order valence-electron chi connectivity index (χ3n) is 5.24. The van der Waals surface area contributed by atoms with Crippen LogP contribution < -0.4 is 10.5 Å². The predicted molar refractivity (Wildman–Crippen MR) is 109 cm³/mol. The van der Waals surface area contributed by atoms with E-state index in [0.717, 1.165) is 24.8 Å². The maximum Gasteiger partial charge on any atom is 0.174 e. The van der Waals surface area contributed by atoms with Crippen molar-refractivity contribution >= 4 is 12.0 Å². The van der Waals surface area contributed by atoms with Gasteiger partial charge in [-0.05, 0) is 30.9 Å². The minimum atomic E-state index is -0.776. The monoisotopic (exact) mass is 397 g/mol. The number of aliphatic hydroxyl groups is 1. The van der Waals surface area contributed by atoms with E-state index in [-0.39, 0.29) is 24.1 Å². The number of aliphatic imine (C=N–C) groups is 1. The van der Waals surface area contributed by atoms with E-state index < -0.39 is 11.9 Å². The van der Waals surface area contributed by atoms with E-state index in [1.54, 1.807) is 12.3 Å². The molecule has 7 nitrogen and oxygen atoms in total. The number of ether oxygens (including phenoxy) is 1. The zero-order valence-corrected chi connectivity index (χ0v) is 16.0. The summed E-state index contributed by atoms with van der Waals surface area (Å²) in [7, 11) is 0. The van der Waals surface area contributed by atoms with Gasteiger partial charge in [-0.1, -0.05) is 12.5 Å². The molecule has 0 bridgehead atoms. The highest BCUT2D eigenvalue weighted by atomic mass is 19.1. The van der Waals surface area contributed by atoms with E-state index >= 15 is 4.39 Å². The van der Waals surface area contributed by atoms with Crippen LogP contribution in [-0.4, -0.2) is 52.1 Å². The molecule has 3 N–H and O–H groups in total. The van der Waals surface area contributed by atoms with Crippen LogP contribution in [0.4, 0.5) is 10.2 Å². The first-order chi connectivity index (χ1) is 14.1. The average Bonchev–Trinajstić information content (AvgIpc) is 2.68. The van der Waals surface area contributed by atoms with Gasteiger partial charge in [0.2, 0.25) is 0 Å². The summed E-state index contributed by atoms with van der Waals surface area (Å²) in [6.07, 6.45) is 10.6. The van der Waals surface area contributed by atoms with Crippen molar-refractivity contribution in [1.29, 1.82) is 0 Å². The molecule has 1 aromatic carbocycles. The summed E-state index contributed by atoms with van der Waals surface area (Å²) in [4.78, 5) is 14.2. The molecule has 0 saturated heterocycles. The van der Waals surface area contributed by atoms with Crippen molar-refractivity contribution in [3.63, 3.8) is 0 Å². The number of aromatic nitrogens is 2. The average molecular weight is 397 g/mol. The summed E-state index contributed by atoms with van der Waals surface area (Å²) in [5.41, 5.74) is 7.12. The molecule has 29 heavy (non-hydrogen) atoms. The van der Waals surface area contributed by atoms with Crippen LogP contribution in [0, 0.1) is 5.82 Å². The number of nitrogens with zero attached hydrogens (tertiary/aromatic N) is 4. The Hall–Kier alpha value is -3.00. The summed E-state index contributed by atoms with van der Waals surface area (Å²) in [5.74, 6) is 0.263. The largest absolute Gasteiger partial charge is 0.487 e. The zero-order chi connectivity index (χ0) is 20.2. The Kier molecular flexibility index (Phi) is 5.71. The van der Waals surface area contributed by atoms with Crippen LogP contribution in [0.5, 0.6) is 5.75 Å². The number of hydrogen-bond acceptors (Lipinski definition) is 7. The molecule has 4 rings (SSSR count). The molecule has 1 aromatic heterocycles. The van der Waals surface area contributed by atoms with Crippen molar-refractivity contribution in [2.24, 2.45) is 4.99 Å². The molecule has 1 aliphatic heterocycles. The van der Waals surface area contributed by atoms with E-state index in [4.69, 9.17) is 10.5 Å². The highest BCUT2D eigenvalue weighted by Gasteiger charge is 2.27. The first-order valence-electron chi connectivity index (χ1n) is 9.73. The number of β-amino-alcohol motifs (C(OH)–C–C–N with tert-alkyl or cyclic N) is 1. The van der Waals surface area contributed by atoms with Crippen LogP contribution in [-0.2, 0) is 0 Å². The number of benzene rings is 1. The summed E-state index contributed by atoms with van der Waals surface area (Å²) in [6.45, 7) is 0.833. The fraction of sp³-hybridized carbons (Fsp3) is 0.381.